The third kappa shape index (κ3) is 4.52. The molecular weight excluding hydrogens is 445 g/mol. The Labute approximate surface area is 185 Å². The molecule has 0 saturated carbocycles. The highest BCUT2D eigenvalue weighted by molar-refractivity contribution is 8.00. The van der Waals surface area contributed by atoms with Crippen molar-refractivity contribution in [3.63, 3.8) is 0 Å². The van der Waals surface area contributed by atoms with Gasteiger partial charge in [0.05, 0.1) is 16.5 Å². The van der Waals surface area contributed by atoms with E-state index in [1.807, 2.05) is 12.1 Å². The maximum Gasteiger partial charge on any atom is 0.418 e. The number of para-hydroxylation sites is 3. The highest BCUT2D eigenvalue weighted by atomic mass is 32.2. The maximum atomic E-state index is 13.2. The zero-order chi connectivity index (χ0) is 22.9. The molecule has 7 nitrogen and oxygen atoms in total. The van der Waals surface area contributed by atoms with E-state index in [9.17, 15) is 18.0 Å². The van der Waals surface area contributed by atoms with Gasteiger partial charge in [-0.25, -0.2) is 0 Å². The smallest absolute Gasteiger partial charge is 0.418 e. The molecule has 0 saturated heterocycles. The molecule has 2 atom stereocenters. The Morgan fingerprint density at radius 3 is 2.59 bits per heavy atom. The molecule has 1 aliphatic heterocycles. The van der Waals surface area contributed by atoms with Crippen molar-refractivity contribution in [3.8, 4) is 11.5 Å². The van der Waals surface area contributed by atoms with Gasteiger partial charge in [0.25, 0.3) is 0 Å². The summed E-state index contributed by atoms with van der Waals surface area (Å²) in [6, 6.07) is 12.1. The SMILES string of the molecule is CC(Sc1nnc(C2COc3ccccc3O2)n1C)C(=O)Nc1ccccc1C(F)(F)F. The van der Waals surface area contributed by atoms with Crippen LogP contribution in [0.15, 0.2) is 53.7 Å². The third-order valence-electron chi connectivity index (χ3n) is 4.81. The van der Waals surface area contributed by atoms with Gasteiger partial charge in [0.1, 0.15) is 6.61 Å². The minimum atomic E-state index is -4.57. The van der Waals surface area contributed by atoms with Gasteiger partial charge in [-0.2, -0.15) is 13.2 Å². The number of rotatable bonds is 5. The first-order valence-corrected chi connectivity index (χ1v) is 10.5. The van der Waals surface area contributed by atoms with Crippen molar-refractivity contribution in [2.45, 2.75) is 29.6 Å². The zero-order valence-corrected chi connectivity index (χ0v) is 17.9. The van der Waals surface area contributed by atoms with Crippen LogP contribution in [0.25, 0.3) is 0 Å². The maximum absolute atomic E-state index is 13.2. The first kappa shape index (κ1) is 22.0. The summed E-state index contributed by atoms with van der Waals surface area (Å²) in [5, 5.41) is 10.3. The van der Waals surface area contributed by atoms with Crippen molar-refractivity contribution in [1.82, 2.24) is 14.8 Å². The molecule has 1 aliphatic rings. The van der Waals surface area contributed by atoms with Gasteiger partial charge in [0.2, 0.25) is 5.91 Å². The summed E-state index contributed by atoms with van der Waals surface area (Å²) in [4.78, 5) is 12.6. The van der Waals surface area contributed by atoms with E-state index in [0.29, 0.717) is 22.5 Å². The van der Waals surface area contributed by atoms with E-state index in [4.69, 9.17) is 9.47 Å². The van der Waals surface area contributed by atoms with Gasteiger partial charge in [0.15, 0.2) is 28.6 Å². The predicted octanol–water partition coefficient (Wildman–Crippen LogP) is 4.47. The first-order chi connectivity index (χ1) is 15.2. The summed E-state index contributed by atoms with van der Waals surface area (Å²) >= 11 is 1.08. The van der Waals surface area contributed by atoms with E-state index in [-0.39, 0.29) is 12.3 Å². The Morgan fingerprint density at radius 2 is 1.84 bits per heavy atom. The van der Waals surface area contributed by atoms with Crippen LogP contribution in [0.5, 0.6) is 11.5 Å². The Kier molecular flexibility index (Phi) is 6.00. The van der Waals surface area contributed by atoms with E-state index < -0.39 is 29.0 Å². The van der Waals surface area contributed by atoms with Crippen molar-refractivity contribution in [2.24, 2.45) is 7.05 Å². The van der Waals surface area contributed by atoms with Crippen molar-refractivity contribution in [2.75, 3.05) is 11.9 Å². The minimum absolute atomic E-state index is 0.248. The molecule has 11 heteroatoms. The van der Waals surface area contributed by atoms with Crippen LogP contribution >= 0.6 is 11.8 Å². The Hall–Kier alpha value is -3.21. The van der Waals surface area contributed by atoms with Crippen LogP contribution in [0.1, 0.15) is 24.4 Å². The largest absolute Gasteiger partial charge is 0.485 e. The van der Waals surface area contributed by atoms with Gasteiger partial charge < -0.3 is 19.4 Å². The topological polar surface area (TPSA) is 78.3 Å². The van der Waals surface area contributed by atoms with Gasteiger partial charge >= 0.3 is 6.18 Å². The van der Waals surface area contributed by atoms with E-state index in [2.05, 4.69) is 15.5 Å². The van der Waals surface area contributed by atoms with Crippen molar-refractivity contribution < 1.29 is 27.4 Å². The van der Waals surface area contributed by atoms with Crippen LogP contribution in [0.3, 0.4) is 0 Å². The summed E-state index contributed by atoms with van der Waals surface area (Å²) in [6.45, 7) is 1.83. The van der Waals surface area contributed by atoms with E-state index >= 15 is 0 Å². The minimum Gasteiger partial charge on any atom is -0.485 e. The lowest BCUT2D eigenvalue weighted by atomic mass is 10.1. The second-order valence-electron chi connectivity index (χ2n) is 7.06. The number of carbonyl (C=O) groups is 1. The number of hydrogen-bond acceptors (Lipinski definition) is 6. The molecule has 1 N–H and O–H groups in total. The lowest BCUT2D eigenvalue weighted by Gasteiger charge is -2.25. The van der Waals surface area contributed by atoms with Crippen LogP contribution in [-0.2, 0) is 18.0 Å². The summed E-state index contributed by atoms with van der Waals surface area (Å²) in [5.41, 5.74) is -1.19. The van der Waals surface area contributed by atoms with Crippen LogP contribution < -0.4 is 14.8 Å². The highest BCUT2D eigenvalue weighted by Crippen LogP contribution is 2.37. The zero-order valence-electron chi connectivity index (χ0n) is 17.1. The van der Waals surface area contributed by atoms with Gasteiger partial charge in [-0.05, 0) is 31.2 Å². The summed E-state index contributed by atoms with van der Waals surface area (Å²) in [6.07, 6.45) is -5.06. The van der Waals surface area contributed by atoms with E-state index in [1.165, 1.54) is 18.2 Å². The molecule has 0 fully saturated rings. The molecule has 32 heavy (non-hydrogen) atoms. The number of anilines is 1. The van der Waals surface area contributed by atoms with Crippen LogP contribution in [0, 0.1) is 0 Å². The average molecular weight is 464 g/mol. The van der Waals surface area contributed by atoms with Crippen LogP contribution in [0.4, 0.5) is 18.9 Å². The normalized spacial score (nSPS) is 16.5. The molecular formula is C21H19F3N4O3S. The Balaban J connectivity index is 1.44. The van der Waals surface area contributed by atoms with Gasteiger partial charge in [0, 0.05) is 7.05 Å². The highest BCUT2D eigenvalue weighted by Gasteiger charge is 2.34. The van der Waals surface area contributed by atoms with Gasteiger partial charge in [-0.1, -0.05) is 36.0 Å². The predicted molar refractivity (Wildman–Crippen MR) is 112 cm³/mol. The number of carbonyl (C=O) groups excluding carboxylic acids is 1. The molecule has 2 unspecified atom stereocenters. The van der Waals surface area contributed by atoms with Crippen molar-refractivity contribution in [3.05, 3.63) is 59.9 Å². The standard InChI is InChI=1S/C21H19F3N4O3S/c1-12(19(29)25-14-8-4-3-7-13(14)21(22,23)24)32-20-27-26-18(28(20)2)17-11-30-15-9-5-6-10-16(15)31-17/h3-10,12,17H,11H2,1-2H3,(H,25,29). The van der Waals surface area contributed by atoms with Crippen LogP contribution in [-0.4, -0.2) is 32.5 Å². The quantitative estimate of drug-likeness (QED) is 0.562. The fourth-order valence-corrected chi connectivity index (χ4v) is 3.96. The van der Waals surface area contributed by atoms with Gasteiger partial charge in [-0.15, -0.1) is 10.2 Å². The second kappa shape index (κ2) is 8.73. The average Bonchev–Trinajstić information content (AvgIpc) is 3.13. The lowest BCUT2D eigenvalue weighted by Crippen LogP contribution is -2.25. The first-order valence-electron chi connectivity index (χ1n) is 9.65. The number of nitrogens with one attached hydrogen (secondary N) is 1. The summed E-state index contributed by atoms with van der Waals surface area (Å²) < 4.78 is 52.9. The molecule has 4 rings (SSSR count). The monoisotopic (exact) mass is 464 g/mol. The number of amides is 1. The molecule has 0 bridgehead atoms. The molecule has 1 amide bonds. The Morgan fingerprint density at radius 1 is 1.16 bits per heavy atom. The second-order valence-corrected chi connectivity index (χ2v) is 8.36. The molecule has 2 aromatic carbocycles. The molecule has 0 aliphatic carbocycles. The number of aromatic nitrogens is 3. The number of thioether (sulfide) groups is 1. The third-order valence-corrected chi connectivity index (χ3v) is 5.94. The number of nitrogens with zero attached hydrogens (tertiary/aromatic N) is 3. The number of halogens is 3. The van der Waals surface area contributed by atoms with Crippen LogP contribution in [0.2, 0.25) is 0 Å². The number of alkyl halides is 3. The molecule has 2 heterocycles. The molecule has 168 valence electrons. The Bertz CT molecular complexity index is 1140. The van der Waals surface area contributed by atoms with E-state index in [1.54, 1.807) is 30.7 Å². The van der Waals surface area contributed by atoms with Crippen molar-refractivity contribution >= 4 is 23.4 Å². The number of ether oxygens (including phenoxy) is 2. The van der Waals surface area contributed by atoms with Gasteiger partial charge in [-0.3, -0.25) is 4.79 Å². The number of benzene rings is 2. The molecule has 1 aromatic heterocycles. The number of fused-ring (bicyclic) bond motifs is 1. The summed E-state index contributed by atoms with van der Waals surface area (Å²) in [7, 11) is 1.73. The van der Waals surface area contributed by atoms with E-state index in [0.717, 1.165) is 17.8 Å². The lowest BCUT2D eigenvalue weighted by molar-refractivity contribution is -0.137. The summed E-state index contributed by atoms with van der Waals surface area (Å²) in [5.74, 6) is 1.17. The molecule has 0 radical (unpaired) electrons. The fourth-order valence-electron chi connectivity index (χ4n) is 3.14. The molecule has 0 spiro atoms. The van der Waals surface area contributed by atoms with Crippen molar-refractivity contribution in [1.29, 1.82) is 0 Å². The molecule has 3 aromatic rings. The number of hydrogen-bond donors (Lipinski definition) is 1. The fraction of sp³-hybridized carbons (Fsp3) is 0.286.